The number of carbonyl (C=O) groups is 2. The number of rotatable bonds is 9. The van der Waals surface area contributed by atoms with Crippen molar-refractivity contribution >= 4 is 29.0 Å². The largest absolute Gasteiger partial charge is 0.494 e. The fraction of sp³-hybridized carbons (Fsp3) is 0.333. The van der Waals surface area contributed by atoms with Crippen LogP contribution >= 0.6 is 0 Å². The number of likely N-dealkylation sites (tertiary alicyclic amines) is 1. The Morgan fingerprint density at radius 2 is 1.95 bits per heavy atom. The van der Waals surface area contributed by atoms with E-state index in [0.29, 0.717) is 54.2 Å². The van der Waals surface area contributed by atoms with Crippen LogP contribution in [0.5, 0.6) is 5.75 Å². The molecule has 0 spiro atoms. The molecule has 0 saturated carbocycles. The predicted octanol–water partition coefficient (Wildman–Crippen LogP) is 2.92. The summed E-state index contributed by atoms with van der Waals surface area (Å²) in [6, 6.07) is 10.2. The van der Waals surface area contributed by atoms with Gasteiger partial charge in [-0.15, -0.1) is 0 Å². The van der Waals surface area contributed by atoms with Crippen molar-refractivity contribution in [1.29, 1.82) is 0 Å². The molecule has 1 aliphatic rings. The normalized spacial score (nSPS) is 14.5. The van der Waals surface area contributed by atoms with E-state index in [0.717, 1.165) is 11.3 Å². The highest BCUT2D eigenvalue weighted by Gasteiger charge is 2.28. The van der Waals surface area contributed by atoms with Crippen LogP contribution in [-0.4, -0.2) is 80.8 Å². The highest BCUT2D eigenvalue weighted by molar-refractivity contribution is 5.96. The van der Waals surface area contributed by atoms with Crippen LogP contribution in [0.25, 0.3) is 16.9 Å². The van der Waals surface area contributed by atoms with Crippen molar-refractivity contribution < 1.29 is 28.9 Å². The SMILES string of the molecule is COc1ccc(-c2cnc3c(Nc4ccc(C(=O)N5CCC(C(=O)NCC(O)CO)CC5)c(C)c4)nccn23)cc1F. The van der Waals surface area contributed by atoms with Crippen molar-refractivity contribution in [3.8, 4) is 17.0 Å². The lowest BCUT2D eigenvalue weighted by molar-refractivity contribution is -0.126. The van der Waals surface area contributed by atoms with Crippen LogP contribution in [0.4, 0.5) is 15.9 Å². The van der Waals surface area contributed by atoms with E-state index in [-0.39, 0.29) is 30.0 Å². The van der Waals surface area contributed by atoms with Gasteiger partial charge in [-0.1, -0.05) is 0 Å². The summed E-state index contributed by atoms with van der Waals surface area (Å²) in [5, 5.41) is 24.3. The molecule has 2 amide bonds. The average Bonchev–Trinajstić information content (AvgIpc) is 3.45. The number of nitrogens with zero attached hydrogens (tertiary/aromatic N) is 4. The molecule has 42 heavy (non-hydrogen) atoms. The van der Waals surface area contributed by atoms with Gasteiger partial charge in [-0.25, -0.2) is 14.4 Å². The Kier molecular flexibility index (Phi) is 8.64. The van der Waals surface area contributed by atoms with Crippen LogP contribution in [0.3, 0.4) is 0 Å². The quantitative estimate of drug-likeness (QED) is 0.238. The predicted molar refractivity (Wildman–Crippen MR) is 154 cm³/mol. The molecule has 1 saturated heterocycles. The maximum absolute atomic E-state index is 14.3. The Labute approximate surface area is 242 Å². The van der Waals surface area contributed by atoms with Crippen LogP contribution in [0.1, 0.15) is 28.8 Å². The third kappa shape index (κ3) is 6.04. The molecule has 3 heterocycles. The molecule has 0 bridgehead atoms. The third-order valence-corrected chi connectivity index (χ3v) is 7.47. The zero-order valence-corrected chi connectivity index (χ0v) is 23.4. The standard InChI is InChI=1S/C30H33FN6O5/c1-18-13-21(4-5-23(18)30(41)36-10-7-19(8-11-36)29(40)34-15-22(39)17-38)35-27-28-33-16-25(37(28)12-9-32-27)20-3-6-26(42-2)24(31)14-20/h3-6,9,12-14,16,19,22,38-39H,7-8,10-11,15,17H2,1-2H3,(H,32,35)(H,34,40). The Bertz CT molecular complexity index is 1600. The van der Waals surface area contributed by atoms with Gasteiger partial charge in [-0.3, -0.25) is 14.0 Å². The van der Waals surface area contributed by atoms with Gasteiger partial charge in [0, 0.05) is 54.8 Å². The van der Waals surface area contributed by atoms with Gasteiger partial charge in [-0.05, 0) is 61.7 Å². The summed E-state index contributed by atoms with van der Waals surface area (Å²) >= 11 is 0. The summed E-state index contributed by atoms with van der Waals surface area (Å²) < 4.78 is 21.2. The Morgan fingerprint density at radius 1 is 1.17 bits per heavy atom. The molecule has 4 aromatic rings. The number of aromatic nitrogens is 3. The molecule has 220 valence electrons. The van der Waals surface area contributed by atoms with Gasteiger partial charge in [0.05, 0.1) is 31.7 Å². The molecular weight excluding hydrogens is 543 g/mol. The third-order valence-electron chi connectivity index (χ3n) is 7.47. The van der Waals surface area contributed by atoms with E-state index in [1.807, 2.05) is 17.4 Å². The number of benzene rings is 2. The number of nitrogens with one attached hydrogen (secondary N) is 2. The van der Waals surface area contributed by atoms with Crippen LogP contribution < -0.4 is 15.4 Å². The van der Waals surface area contributed by atoms with Crippen LogP contribution in [0.2, 0.25) is 0 Å². The number of imidazole rings is 1. The fourth-order valence-corrected chi connectivity index (χ4v) is 5.11. The lowest BCUT2D eigenvalue weighted by Crippen LogP contribution is -2.44. The number of methoxy groups -OCH3 is 1. The van der Waals surface area contributed by atoms with Gasteiger partial charge in [-0.2, -0.15) is 0 Å². The molecular formula is C30H33FN6O5. The average molecular weight is 577 g/mol. The number of aryl methyl sites for hydroxylation is 1. The monoisotopic (exact) mass is 576 g/mol. The molecule has 1 fully saturated rings. The molecule has 12 heteroatoms. The number of fused-ring (bicyclic) bond motifs is 1. The molecule has 1 atom stereocenters. The second-order valence-electron chi connectivity index (χ2n) is 10.3. The van der Waals surface area contributed by atoms with Crippen molar-refractivity contribution in [2.75, 3.05) is 38.7 Å². The van der Waals surface area contributed by atoms with Crippen molar-refractivity contribution in [1.82, 2.24) is 24.6 Å². The smallest absolute Gasteiger partial charge is 0.254 e. The number of anilines is 2. The molecule has 2 aromatic heterocycles. The Morgan fingerprint density at radius 3 is 2.64 bits per heavy atom. The molecule has 1 aliphatic heterocycles. The van der Waals surface area contributed by atoms with E-state index in [4.69, 9.17) is 9.84 Å². The molecule has 0 aliphatic carbocycles. The van der Waals surface area contributed by atoms with E-state index in [1.165, 1.54) is 13.2 Å². The van der Waals surface area contributed by atoms with E-state index < -0.39 is 18.5 Å². The molecule has 11 nitrogen and oxygen atoms in total. The summed E-state index contributed by atoms with van der Waals surface area (Å²) in [6.45, 7) is 2.36. The number of amides is 2. The number of piperidine rings is 1. The Balaban J connectivity index is 1.26. The minimum Gasteiger partial charge on any atom is -0.494 e. The first-order valence-corrected chi connectivity index (χ1v) is 13.7. The van der Waals surface area contributed by atoms with Gasteiger partial charge in [0.25, 0.3) is 5.91 Å². The first-order valence-electron chi connectivity index (χ1n) is 13.7. The van der Waals surface area contributed by atoms with Gasteiger partial charge >= 0.3 is 0 Å². The zero-order chi connectivity index (χ0) is 29.8. The van der Waals surface area contributed by atoms with Gasteiger partial charge in [0.1, 0.15) is 0 Å². The molecule has 2 aromatic carbocycles. The lowest BCUT2D eigenvalue weighted by Gasteiger charge is -2.32. The number of carbonyl (C=O) groups excluding carboxylic acids is 2. The highest BCUT2D eigenvalue weighted by Crippen LogP contribution is 2.29. The highest BCUT2D eigenvalue weighted by atomic mass is 19.1. The Hall–Kier alpha value is -4.55. The van der Waals surface area contributed by atoms with Gasteiger partial charge in [0.2, 0.25) is 5.91 Å². The van der Waals surface area contributed by atoms with E-state index in [2.05, 4.69) is 20.6 Å². The second-order valence-corrected chi connectivity index (χ2v) is 10.3. The van der Waals surface area contributed by atoms with E-state index >= 15 is 0 Å². The maximum Gasteiger partial charge on any atom is 0.254 e. The summed E-state index contributed by atoms with van der Waals surface area (Å²) in [7, 11) is 1.42. The summed E-state index contributed by atoms with van der Waals surface area (Å²) in [6.07, 6.45) is 5.10. The van der Waals surface area contributed by atoms with E-state index in [1.54, 1.807) is 47.8 Å². The number of hydrogen-bond acceptors (Lipinski definition) is 8. The van der Waals surface area contributed by atoms with E-state index in [9.17, 15) is 19.1 Å². The van der Waals surface area contributed by atoms with Gasteiger partial charge in [0.15, 0.2) is 23.0 Å². The van der Waals surface area contributed by atoms with Crippen LogP contribution in [0.15, 0.2) is 55.0 Å². The number of hydrogen-bond donors (Lipinski definition) is 4. The summed E-state index contributed by atoms with van der Waals surface area (Å²) in [5.74, 6) is -0.313. The number of ether oxygens (including phenoxy) is 1. The molecule has 1 unspecified atom stereocenters. The molecule has 0 radical (unpaired) electrons. The van der Waals surface area contributed by atoms with Crippen LogP contribution in [-0.2, 0) is 4.79 Å². The van der Waals surface area contributed by atoms with Crippen molar-refractivity contribution in [3.05, 3.63) is 71.9 Å². The van der Waals surface area contributed by atoms with Crippen molar-refractivity contribution in [2.24, 2.45) is 5.92 Å². The second kappa shape index (κ2) is 12.5. The fourth-order valence-electron chi connectivity index (χ4n) is 5.11. The first-order chi connectivity index (χ1) is 20.3. The first kappa shape index (κ1) is 29.0. The summed E-state index contributed by atoms with van der Waals surface area (Å²) in [5.41, 5.74) is 3.97. The lowest BCUT2D eigenvalue weighted by atomic mass is 9.95. The molecule has 5 rings (SSSR count). The minimum absolute atomic E-state index is 0.00245. The maximum atomic E-state index is 14.3. The minimum atomic E-state index is -0.984. The van der Waals surface area contributed by atoms with Crippen molar-refractivity contribution in [3.63, 3.8) is 0 Å². The summed E-state index contributed by atoms with van der Waals surface area (Å²) in [4.78, 5) is 36.3. The number of aliphatic hydroxyl groups is 2. The number of halogens is 1. The van der Waals surface area contributed by atoms with Crippen molar-refractivity contribution in [2.45, 2.75) is 25.9 Å². The number of aliphatic hydroxyl groups excluding tert-OH is 2. The van der Waals surface area contributed by atoms with Gasteiger partial charge < -0.3 is 30.5 Å². The topological polar surface area (TPSA) is 141 Å². The molecule has 4 N–H and O–H groups in total. The van der Waals surface area contributed by atoms with Crippen LogP contribution in [0, 0.1) is 18.7 Å². The zero-order valence-electron chi connectivity index (χ0n) is 23.4.